The van der Waals surface area contributed by atoms with E-state index in [2.05, 4.69) is 24.0 Å². The highest BCUT2D eigenvalue weighted by Crippen LogP contribution is 2.13. The molecule has 0 aliphatic carbocycles. The number of hydrogen-bond donors (Lipinski definition) is 1. The zero-order valence-corrected chi connectivity index (χ0v) is 18.6. The molecule has 1 atom stereocenters. The maximum Gasteiger partial charge on any atom is 0.154 e. The number of rotatable bonds is 19. The summed E-state index contributed by atoms with van der Waals surface area (Å²) in [5, 5.41) is 9.91. The predicted molar refractivity (Wildman–Crippen MR) is 119 cm³/mol. The van der Waals surface area contributed by atoms with Crippen LogP contribution >= 0.6 is 0 Å². The molecule has 1 unspecified atom stereocenters. The Hall–Kier alpha value is -0.420. The monoisotopic (exact) mass is 397 g/mol. The Morgan fingerprint density at radius 2 is 1.43 bits per heavy atom. The number of ether oxygens (including phenoxy) is 2. The lowest BCUT2D eigenvalue weighted by atomic mass is 10.0. The van der Waals surface area contributed by atoms with E-state index in [0.29, 0.717) is 6.61 Å². The standard InChI is InChI=1S/C24H47NO3/c1-2-3-4-5-6-7-8-9-10-11-12-13-14-15-16-17-24(26)28-23-20-25-18-21-27-22-19-25/h3-4,24,26H,2,5-23H2,1H3/b4-3+. The van der Waals surface area contributed by atoms with Crippen molar-refractivity contribution in [2.24, 2.45) is 0 Å². The second kappa shape index (κ2) is 19.9. The molecule has 1 aliphatic rings. The molecule has 4 heteroatoms. The van der Waals surface area contributed by atoms with Crippen molar-refractivity contribution < 1.29 is 14.6 Å². The van der Waals surface area contributed by atoms with Gasteiger partial charge in [-0.2, -0.15) is 0 Å². The first-order chi connectivity index (χ1) is 13.8. The third-order valence-electron chi connectivity index (χ3n) is 5.55. The maximum atomic E-state index is 9.91. The molecular weight excluding hydrogens is 350 g/mol. The fourth-order valence-corrected chi connectivity index (χ4v) is 3.68. The number of nitrogens with zero attached hydrogens (tertiary/aromatic N) is 1. The first-order valence-electron chi connectivity index (χ1n) is 12.1. The number of aliphatic hydroxyl groups is 1. The second-order valence-electron chi connectivity index (χ2n) is 8.13. The van der Waals surface area contributed by atoms with Crippen LogP contribution in [0.2, 0.25) is 0 Å². The van der Waals surface area contributed by atoms with Gasteiger partial charge in [0.1, 0.15) is 0 Å². The molecule has 1 heterocycles. The normalized spacial score (nSPS) is 16.8. The van der Waals surface area contributed by atoms with Crippen LogP contribution in [-0.4, -0.2) is 55.8 Å². The van der Waals surface area contributed by atoms with Gasteiger partial charge >= 0.3 is 0 Å². The minimum absolute atomic E-state index is 0.585. The molecule has 1 N–H and O–H groups in total. The second-order valence-corrected chi connectivity index (χ2v) is 8.13. The van der Waals surface area contributed by atoms with Crippen molar-refractivity contribution in [1.82, 2.24) is 4.90 Å². The van der Waals surface area contributed by atoms with Gasteiger partial charge in [0.05, 0.1) is 19.8 Å². The van der Waals surface area contributed by atoms with Gasteiger partial charge in [-0.25, -0.2) is 0 Å². The van der Waals surface area contributed by atoms with Crippen LogP contribution in [0.15, 0.2) is 12.2 Å². The van der Waals surface area contributed by atoms with Crippen molar-refractivity contribution in [3.8, 4) is 0 Å². The molecule has 0 aromatic carbocycles. The van der Waals surface area contributed by atoms with E-state index in [1.165, 1.54) is 77.0 Å². The molecule has 0 aromatic heterocycles. The summed E-state index contributed by atoms with van der Waals surface area (Å²) in [6.07, 6.45) is 21.9. The largest absolute Gasteiger partial charge is 0.379 e. The molecule has 1 rings (SSSR count). The lowest BCUT2D eigenvalue weighted by molar-refractivity contribution is -0.110. The fourth-order valence-electron chi connectivity index (χ4n) is 3.68. The zero-order chi connectivity index (χ0) is 20.1. The smallest absolute Gasteiger partial charge is 0.154 e. The Bertz CT molecular complexity index is 343. The van der Waals surface area contributed by atoms with Crippen LogP contribution in [0.5, 0.6) is 0 Å². The van der Waals surface area contributed by atoms with Crippen molar-refractivity contribution in [1.29, 1.82) is 0 Å². The average Bonchev–Trinajstić information content (AvgIpc) is 2.71. The van der Waals surface area contributed by atoms with Gasteiger partial charge < -0.3 is 14.6 Å². The van der Waals surface area contributed by atoms with E-state index in [9.17, 15) is 5.11 Å². The third-order valence-corrected chi connectivity index (χ3v) is 5.55. The number of aliphatic hydroxyl groups excluding tert-OH is 1. The van der Waals surface area contributed by atoms with Gasteiger partial charge in [0.15, 0.2) is 6.29 Å². The molecule has 166 valence electrons. The Morgan fingerprint density at radius 3 is 2.04 bits per heavy atom. The van der Waals surface area contributed by atoms with Crippen LogP contribution in [0.4, 0.5) is 0 Å². The van der Waals surface area contributed by atoms with Crippen LogP contribution in [0.3, 0.4) is 0 Å². The molecule has 0 amide bonds. The summed E-state index contributed by atoms with van der Waals surface area (Å²) in [5.41, 5.74) is 0. The quantitative estimate of drug-likeness (QED) is 0.173. The Kier molecular flexibility index (Phi) is 18.2. The molecule has 1 aliphatic heterocycles. The summed E-state index contributed by atoms with van der Waals surface area (Å²) < 4.78 is 10.9. The van der Waals surface area contributed by atoms with E-state index < -0.39 is 6.29 Å². The van der Waals surface area contributed by atoms with Gasteiger partial charge in [-0.05, 0) is 32.1 Å². The van der Waals surface area contributed by atoms with Crippen molar-refractivity contribution >= 4 is 0 Å². The molecule has 0 spiro atoms. The maximum absolute atomic E-state index is 9.91. The highest BCUT2D eigenvalue weighted by molar-refractivity contribution is 4.79. The van der Waals surface area contributed by atoms with E-state index >= 15 is 0 Å². The molecule has 0 bridgehead atoms. The van der Waals surface area contributed by atoms with Gasteiger partial charge in [-0.15, -0.1) is 0 Å². The van der Waals surface area contributed by atoms with Crippen molar-refractivity contribution in [3.05, 3.63) is 12.2 Å². The number of morpholine rings is 1. The Morgan fingerprint density at radius 1 is 0.857 bits per heavy atom. The van der Waals surface area contributed by atoms with E-state index in [1.54, 1.807) is 0 Å². The minimum Gasteiger partial charge on any atom is -0.379 e. The van der Waals surface area contributed by atoms with E-state index in [4.69, 9.17) is 9.47 Å². The van der Waals surface area contributed by atoms with Crippen LogP contribution < -0.4 is 0 Å². The molecule has 28 heavy (non-hydrogen) atoms. The summed E-state index contributed by atoms with van der Waals surface area (Å²) >= 11 is 0. The average molecular weight is 398 g/mol. The Balaban J connectivity index is 1.73. The minimum atomic E-state index is -0.585. The topological polar surface area (TPSA) is 41.9 Å². The molecule has 0 aromatic rings. The summed E-state index contributed by atoms with van der Waals surface area (Å²) in [6.45, 7) is 7.32. The van der Waals surface area contributed by atoms with Gasteiger partial charge in [-0.3, -0.25) is 4.90 Å². The summed E-state index contributed by atoms with van der Waals surface area (Å²) in [6, 6.07) is 0. The lowest BCUT2D eigenvalue weighted by Crippen LogP contribution is -2.38. The van der Waals surface area contributed by atoms with E-state index in [1.807, 2.05) is 0 Å². The number of unbranched alkanes of at least 4 members (excludes halogenated alkanes) is 11. The van der Waals surface area contributed by atoms with Gasteiger partial charge in [0.2, 0.25) is 0 Å². The zero-order valence-electron chi connectivity index (χ0n) is 18.6. The third kappa shape index (κ3) is 16.5. The molecule has 0 saturated carbocycles. The van der Waals surface area contributed by atoms with Crippen LogP contribution in [-0.2, 0) is 9.47 Å². The lowest BCUT2D eigenvalue weighted by Gasteiger charge is -2.26. The van der Waals surface area contributed by atoms with E-state index in [-0.39, 0.29) is 0 Å². The molecule has 1 fully saturated rings. The number of hydrogen-bond acceptors (Lipinski definition) is 4. The van der Waals surface area contributed by atoms with Crippen molar-refractivity contribution in [3.63, 3.8) is 0 Å². The summed E-state index contributed by atoms with van der Waals surface area (Å²) in [4.78, 5) is 2.33. The van der Waals surface area contributed by atoms with Crippen LogP contribution in [0.25, 0.3) is 0 Å². The Labute approximate surface area is 174 Å². The summed E-state index contributed by atoms with van der Waals surface area (Å²) in [7, 11) is 0. The predicted octanol–water partition coefficient (Wildman–Crippen LogP) is 5.69. The number of allylic oxidation sites excluding steroid dienone is 2. The molecule has 0 radical (unpaired) electrons. The van der Waals surface area contributed by atoms with Crippen molar-refractivity contribution in [2.75, 3.05) is 39.5 Å². The SMILES string of the molecule is CC/C=C/CCCCCCCCCCCCCC(O)OCCN1CCOCC1. The first kappa shape index (κ1) is 25.6. The highest BCUT2D eigenvalue weighted by atomic mass is 16.6. The van der Waals surface area contributed by atoms with Gasteiger partial charge in [0.25, 0.3) is 0 Å². The van der Waals surface area contributed by atoms with Crippen molar-refractivity contribution in [2.45, 2.75) is 103 Å². The molecular formula is C24H47NO3. The molecule has 4 nitrogen and oxygen atoms in total. The van der Waals surface area contributed by atoms with Gasteiger partial charge in [0, 0.05) is 19.6 Å². The fraction of sp³-hybridized carbons (Fsp3) is 0.917. The van der Waals surface area contributed by atoms with Crippen LogP contribution in [0, 0.1) is 0 Å². The molecule has 1 saturated heterocycles. The first-order valence-corrected chi connectivity index (χ1v) is 12.1. The highest BCUT2D eigenvalue weighted by Gasteiger charge is 2.11. The van der Waals surface area contributed by atoms with Gasteiger partial charge in [-0.1, -0.05) is 76.9 Å². The van der Waals surface area contributed by atoms with Crippen LogP contribution in [0.1, 0.15) is 96.8 Å². The summed E-state index contributed by atoms with van der Waals surface area (Å²) in [5.74, 6) is 0. The van der Waals surface area contributed by atoms with E-state index in [0.717, 1.165) is 45.7 Å².